The summed E-state index contributed by atoms with van der Waals surface area (Å²) in [5, 5.41) is 8.79. The van der Waals surface area contributed by atoms with Crippen LogP contribution in [0.15, 0.2) is 24.3 Å². The molecule has 1 saturated heterocycles. The van der Waals surface area contributed by atoms with Gasteiger partial charge in [-0.1, -0.05) is 23.2 Å². The number of rotatable bonds is 2. The van der Waals surface area contributed by atoms with Crippen LogP contribution in [0.25, 0.3) is 0 Å². The molecule has 0 unspecified atom stereocenters. The van der Waals surface area contributed by atoms with Gasteiger partial charge in [-0.2, -0.15) is 0 Å². The van der Waals surface area contributed by atoms with Crippen molar-refractivity contribution in [3.63, 3.8) is 0 Å². The standard InChI is InChI=1S/C19H17Cl2N3O4/c1-27-18(26)14-2-3-16(23-22-14)24-6-4-19(5-7-24)10-15(25)12-8-11(20)9-13(21)17(12)28-19/h2-3,8-9H,4-7,10H2,1H3. The third-order valence-electron chi connectivity index (χ3n) is 5.15. The molecule has 7 nitrogen and oxygen atoms in total. The van der Waals surface area contributed by atoms with Gasteiger partial charge in [0.2, 0.25) is 0 Å². The van der Waals surface area contributed by atoms with Crippen molar-refractivity contribution < 1.29 is 19.1 Å². The number of aromatic nitrogens is 2. The van der Waals surface area contributed by atoms with Crippen molar-refractivity contribution in [2.24, 2.45) is 0 Å². The van der Waals surface area contributed by atoms with Gasteiger partial charge in [0, 0.05) is 31.0 Å². The molecule has 0 N–H and O–H groups in total. The number of hydrogen-bond acceptors (Lipinski definition) is 7. The molecule has 1 fully saturated rings. The van der Waals surface area contributed by atoms with Crippen LogP contribution in [0.4, 0.5) is 5.82 Å². The second-order valence-electron chi connectivity index (χ2n) is 6.90. The first-order valence-corrected chi connectivity index (χ1v) is 9.55. The Hall–Kier alpha value is -2.38. The topological polar surface area (TPSA) is 81.6 Å². The molecule has 146 valence electrons. The van der Waals surface area contributed by atoms with Gasteiger partial charge in [-0.15, -0.1) is 10.2 Å². The summed E-state index contributed by atoms with van der Waals surface area (Å²) in [5.74, 6) is 0.538. The van der Waals surface area contributed by atoms with Crippen molar-refractivity contribution in [2.45, 2.75) is 24.9 Å². The third-order valence-corrected chi connectivity index (χ3v) is 5.65. The maximum Gasteiger partial charge on any atom is 0.358 e. The lowest BCUT2D eigenvalue weighted by Crippen LogP contribution is -2.51. The highest BCUT2D eigenvalue weighted by molar-refractivity contribution is 6.36. The largest absolute Gasteiger partial charge is 0.484 e. The molecule has 28 heavy (non-hydrogen) atoms. The first kappa shape index (κ1) is 19.0. The van der Waals surface area contributed by atoms with Crippen LogP contribution in [0.1, 0.15) is 40.1 Å². The second-order valence-corrected chi connectivity index (χ2v) is 7.75. The van der Waals surface area contributed by atoms with E-state index in [4.69, 9.17) is 27.9 Å². The number of ether oxygens (including phenoxy) is 2. The summed E-state index contributed by atoms with van der Waals surface area (Å²) < 4.78 is 10.9. The van der Waals surface area contributed by atoms with E-state index in [1.54, 1.807) is 24.3 Å². The summed E-state index contributed by atoms with van der Waals surface area (Å²) in [4.78, 5) is 26.2. The smallest absolute Gasteiger partial charge is 0.358 e. The van der Waals surface area contributed by atoms with Crippen LogP contribution < -0.4 is 9.64 Å². The number of ketones is 1. The molecule has 0 radical (unpaired) electrons. The minimum absolute atomic E-state index is 0.0127. The van der Waals surface area contributed by atoms with Crippen LogP contribution in [0, 0.1) is 0 Å². The molecule has 0 amide bonds. The summed E-state index contributed by atoms with van der Waals surface area (Å²) in [6.07, 6.45) is 1.56. The van der Waals surface area contributed by atoms with Crippen LogP contribution in [0.5, 0.6) is 5.75 Å². The number of esters is 1. The summed E-state index contributed by atoms with van der Waals surface area (Å²) >= 11 is 12.3. The van der Waals surface area contributed by atoms with E-state index < -0.39 is 11.6 Å². The molecule has 9 heteroatoms. The average molecular weight is 422 g/mol. The molecule has 1 aromatic carbocycles. The Morgan fingerprint density at radius 2 is 1.96 bits per heavy atom. The van der Waals surface area contributed by atoms with Crippen LogP contribution in [-0.4, -0.2) is 47.8 Å². The number of anilines is 1. The molecule has 0 atom stereocenters. The van der Waals surface area contributed by atoms with Gasteiger partial charge in [-0.3, -0.25) is 4.79 Å². The van der Waals surface area contributed by atoms with Crippen molar-refractivity contribution >= 4 is 40.8 Å². The molecule has 0 aliphatic carbocycles. The normalized spacial score (nSPS) is 17.8. The van der Waals surface area contributed by atoms with Crippen molar-refractivity contribution in [3.05, 3.63) is 45.6 Å². The minimum atomic E-state index is -0.586. The zero-order valence-electron chi connectivity index (χ0n) is 15.1. The van der Waals surface area contributed by atoms with Crippen molar-refractivity contribution in [1.82, 2.24) is 10.2 Å². The summed E-state index contributed by atoms with van der Waals surface area (Å²) in [7, 11) is 1.30. The Morgan fingerprint density at radius 1 is 1.21 bits per heavy atom. The van der Waals surface area contributed by atoms with E-state index in [9.17, 15) is 9.59 Å². The van der Waals surface area contributed by atoms with E-state index in [1.165, 1.54) is 7.11 Å². The predicted molar refractivity (Wildman–Crippen MR) is 104 cm³/mol. The van der Waals surface area contributed by atoms with E-state index in [-0.39, 0.29) is 17.9 Å². The highest BCUT2D eigenvalue weighted by Crippen LogP contribution is 2.44. The molecule has 0 bridgehead atoms. The van der Waals surface area contributed by atoms with E-state index in [1.807, 2.05) is 4.90 Å². The number of carbonyl (C=O) groups is 2. The first-order chi connectivity index (χ1) is 13.4. The first-order valence-electron chi connectivity index (χ1n) is 8.79. The van der Waals surface area contributed by atoms with E-state index >= 15 is 0 Å². The lowest BCUT2D eigenvalue weighted by molar-refractivity contribution is 0.0231. The Balaban J connectivity index is 1.49. The number of carbonyl (C=O) groups excluding carboxylic acids is 2. The Bertz CT molecular complexity index is 941. The number of hydrogen-bond donors (Lipinski definition) is 0. The minimum Gasteiger partial charge on any atom is -0.484 e. The molecule has 4 rings (SSSR count). The molecule has 0 saturated carbocycles. The molecule has 3 heterocycles. The SMILES string of the molecule is COC(=O)c1ccc(N2CCC3(CC2)CC(=O)c2cc(Cl)cc(Cl)c2O3)nn1. The summed E-state index contributed by atoms with van der Waals surface area (Å²) in [6.45, 7) is 1.28. The monoisotopic (exact) mass is 421 g/mol. The van der Waals surface area contributed by atoms with Crippen LogP contribution in [0.2, 0.25) is 10.0 Å². The Labute approximate surface area is 171 Å². The Morgan fingerprint density at radius 3 is 2.61 bits per heavy atom. The summed E-state index contributed by atoms with van der Waals surface area (Å²) in [5.41, 5.74) is 0.0120. The Kier molecular flexibility index (Phi) is 4.89. The van der Waals surface area contributed by atoms with E-state index in [0.29, 0.717) is 53.1 Å². The van der Waals surface area contributed by atoms with Crippen molar-refractivity contribution in [2.75, 3.05) is 25.1 Å². The molecular weight excluding hydrogens is 405 g/mol. The van der Waals surface area contributed by atoms with Gasteiger partial charge in [0.15, 0.2) is 17.3 Å². The lowest BCUT2D eigenvalue weighted by Gasteiger charge is -2.44. The van der Waals surface area contributed by atoms with Gasteiger partial charge >= 0.3 is 5.97 Å². The lowest BCUT2D eigenvalue weighted by atomic mass is 9.82. The third kappa shape index (κ3) is 3.40. The quantitative estimate of drug-likeness (QED) is 0.685. The highest BCUT2D eigenvalue weighted by Gasteiger charge is 2.44. The fraction of sp³-hybridized carbons (Fsp3) is 0.368. The highest BCUT2D eigenvalue weighted by atomic mass is 35.5. The second kappa shape index (κ2) is 7.22. The van der Waals surface area contributed by atoms with Crippen LogP contribution in [-0.2, 0) is 4.74 Å². The number of Topliss-reactive ketones (excluding diaryl/α,β-unsaturated/α-hetero) is 1. The summed E-state index contributed by atoms with van der Waals surface area (Å²) in [6, 6.07) is 6.50. The van der Waals surface area contributed by atoms with Gasteiger partial charge in [-0.25, -0.2) is 4.79 Å². The molecule has 1 aromatic heterocycles. The van der Waals surface area contributed by atoms with Gasteiger partial charge in [-0.05, 0) is 24.3 Å². The van der Waals surface area contributed by atoms with Crippen LogP contribution in [0.3, 0.4) is 0 Å². The number of methoxy groups -OCH3 is 1. The fourth-order valence-corrected chi connectivity index (χ4v) is 4.17. The fourth-order valence-electron chi connectivity index (χ4n) is 3.64. The van der Waals surface area contributed by atoms with Crippen molar-refractivity contribution in [1.29, 1.82) is 0 Å². The van der Waals surface area contributed by atoms with E-state index in [2.05, 4.69) is 14.9 Å². The molecule has 2 aromatic rings. The zero-order valence-corrected chi connectivity index (χ0v) is 16.6. The molecule has 2 aliphatic rings. The van der Waals surface area contributed by atoms with Gasteiger partial charge in [0.1, 0.15) is 11.4 Å². The number of fused-ring (bicyclic) bond motifs is 1. The zero-order chi connectivity index (χ0) is 19.9. The van der Waals surface area contributed by atoms with E-state index in [0.717, 1.165) is 0 Å². The van der Waals surface area contributed by atoms with Crippen molar-refractivity contribution in [3.8, 4) is 5.75 Å². The maximum atomic E-state index is 12.7. The van der Waals surface area contributed by atoms with Gasteiger partial charge < -0.3 is 14.4 Å². The number of piperidine rings is 1. The molecule has 2 aliphatic heterocycles. The number of nitrogens with zero attached hydrogens (tertiary/aromatic N) is 3. The average Bonchev–Trinajstić information content (AvgIpc) is 2.69. The molecular formula is C19H17Cl2N3O4. The number of halogens is 2. The molecule has 1 spiro atoms. The van der Waals surface area contributed by atoms with Gasteiger partial charge in [0.25, 0.3) is 0 Å². The maximum absolute atomic E-state index is 12.7. The predicted octanol–water partition coefficient (Wildman–Crippen LogP) is 3.57. The van der Waals surface area contributed by atoms with Crippen LogP contribution >= 0.6 is 23.2 Å². The van der Waals surface area contributed by atoms with Gasteiger partial charge in [0.05, 0.1) is 24.1 Å². The number of benzene rings is 1.